The van der Waals surface area contributed by atoms with Crippen molar-refractivity contribution in [2.24, 2.45) is 0 Å². The van der Waals surface area contributed by atoms with Crippen molar-refractivity contribution in [3.63, 3.8) is 0 Å². The number of hydrogen-bond acceptors (Lipinski definition) is 5. The number of ether oxygens (including phenoxy) is 1. The lowest BCUT2D eigenvalue weighted by Gasteiger charge is -2.34. The smallest absolute Gasteiger partial charge is 0.269 e. The van der Waals surface area contributed by atoms with Crippen molar-refractivity contribution in [2.45, 2.75) is 6.54 Å². The van der Waals surface area contributed by atoms with E-state index in [9.17, 15) is 14.9 Å². The molecule has 8 heteroatoms. The van der Waals surface area contributed by atoms with Gasteiger partial charge >= 0.3 is 0 Å². The summed E-state index contributed by atoms with van der Waals surface area (Å²) < 4.78 is 6.50. The Bertz CT molecular complexity index is 805. The van der Waals surface area contributed by atoms with E-state index in [-0.39, 0.29) is 23.1 Å². The molecule has 0 aliphatic carbocycles. The summed E-state index contributed by atoms with van der Waals surface area (Å²) in [5, 5.41) is 10.9. The highest BCUT2D eigenvalue weighted by molar-refractivity contribution is 9.10. The average Bonchev–Trinajstić information content (AvgIpc) is 2.68. The minimum Gasteiger partial charge on any atom is -0.484 e. The maximum atomic E-state index is 12.3. The Hall–Kier alpha value is -2.45. The van der Waals surface area contributed by atoms with E-state index < -0.39 is 0 Å². The Labute approximate surface area is 165 Å². The number of non-ortho nitro benzene ring substituents is 1. The Morgan fingerprint density at radius 1 is 1.11 bits per heavy atom. The van der Waals surface area contributed by atoms with Crippen molar-refractivity contribution in [2.75, 3.05) is 32.8 Å². The van der Waals surface area contributed by atoms with Crippen molar-refractivity contribution in [1.29, 1.82) is 0 Å². The van der Waals surface area contributed by atoms with E-state index in [2.05, 4.69) is 20.8 Å². The fourth-order valence-electron chi connectivity index (χ4n) is 2.95. The molecule has 1 fully saturated rings. The number of piperazine rings is 1. The highest BCUT2D eigenvalue weighted by Crippen LogP contribution is 2.17. The zero-order chi connectivity index (χ0) is 19.2. The van der Waals surface area contributed by atoms with Crippen LogP contribution in [0.3, 0.4) is 0 Å². The number of hydrogen-bond donors (Lipinski definition) is 0. The minimum absolute atomic E-state index is 0.0203. The fraction of sp³-hybridized carbons (Fsp3) is 0.316. The van der Waals surface area contributed by atoms with Gasteiger partial charge in [0.25, 0.3) is 11.6 Å². The van der Waals surface area contributed by atoms with Crippen LogP contribution < -0.4 is 4.74 Å². The van der Waals surface area contributed by atoms with Gasteiger partial charge in [-0.25, -0.2) is 0 Å². The van der Waals surface area contributed by atoms with Gasteiger partial charge in [0.2, 0.25) is 0 Å². The van der Waals surface area contributed by atoms with Crippen LogP contribution in [-0.4, -0.2) is 53.4 Å². The summed E-state index contributed by atoms with van der Waals surface area (Å²) in [6, 6.07) is 14.0. The van der Waals surface area contributed by atoms with Gasteiger partial charge in [0, 0.05) is 49.3 Å². The van der Waals surface area contributed by atoms with Crippen molar-refractivity contribution >= 4 is 27.5 Å². The topological polar surface area (TPSA) is 75.9 Å². The predicted octanol–water partition coefficient (Wildman–Crippen LogP) is 3.08. The molecule has 0 spiro atoms. The van der Waals surface area contributed by atoms with E-state index in [1.165, 1.54) is 6.07 Å². The molecule has 1 heterocycles. The molecule has 0 radical (unpaired) electrons. The van der Waals surface area contributed by atoms with Crippen LogP contribution in [0, 0.1) is 10.1 Å². The third-order valence-electron chi connectivity index (χ3n) is 4.43. The Morgan fingerprint density at radius 2 is 1.81 bits per heavy atom. The van der Waals surface area contributed by atoms with Crippen LogP contribution in [0.1, 0.15) is 5.56 Å². The molecule has 7 nitrogen and oxygen atoms in total. The molecular formula is C19H20BrN3O4. The first kappa shape index (κ1) is 19.3. The van der Waals surface area contributed by atoms with Crippen LogP contribution in [0.2, 0.25) is 0 Å². The highest BCUT2D eigenvalue weighted by atomic mass is 79.9. The van der Waals surface area contributed by atoms with Crippen LogP contribution in [0.15, 0.2) is 53.0 Å². The molecule has 3 rings (SSSR count). The molecule has 27 heavy (non-hydrogen) atoms. The molecule has 0 saturated carbocycles. The van der Waals surface area contributed by atoms with Gasteiger partial charge in [0.1, 0.15) is 5.75 Å². The molecule has 1 saturated heterocycles. The van der Waals surface area contributed by atoms with Crippen molar-refractivity contribution in [3.8, 4) is 5.75 Å². The predicted molar refractivity (Wildman–Crippen MR) is 105 cm³/mol. The summed E-state index contributed by atoms with van der Waals surface area (Å²) in [6.45, 7) is 3.36. The summed E-state index contributed by atoms with van der Waals surface area (Å²) in [4.78, 5) is 26.8. The van der Waals surface area contributed by atoms with Gasteiger partial charge in [0.15, 0.2) is 6.61 Å². The number of amides is 1. The van der Waals surface area contributed by atoms with Gasteiger partial charge in [-0.2, -0.15) is 0 Å². The molecule has 142 valence electrons. The monoisotopic (exact) mass is 433 g/mol. The van der Waals surface area contributed by atoms with Crippen LogP contribution in [0.4, 0.5) is 5.69 Å². The normalized spacial score (nSPS) is 14.8. The fourth-order valence-corrected chi connectivity index (χ4v) is 3.21. The molecule has 1 aliphatic heterocycles. The van der Waals surface area contributed by atoms with E-state index in [4.69, 9.17) is 4.74 Å². The summed E-state index contributed by atoms with van der Waals surface area (Å²) in [7, 11) is 0. The first-order valence-electron chi connectivity index (χ1n) is 8.63. The molecular weight excluding hydrogens is 414 g/mol. The second-order valence-electron chi connectivity index (χ2n) is 6.33. The summed E-state index contributed by atoms with van der Waals surface area (Å²) >= 11 is 3.36. The third kappa shape index (κ3) is 5.51. The minimum atomic E-state index is -0.383. The zero-order valence-electron chi connectivity index (χ0n) is 14.7. The van der Waals surface area contributed by atoms with Crippen LogP contribution in [0.25, 0.3) is 0 Å². The lowest BCUT2D eigenvalue weighted by molar-refractivity contribution is -0.384. The molecule has 0 N–H and O–H groups in total. The molecule has 0 unspecified atom stereocenters. The number of nitrogens with zero attached hydrogens (tertiary/aromatic N) is 3. The number of carbonyl (C=O) groups excluding carboxylic acids is 1. The standard InChI is InChI=1S/C19H20BrN3O4/c20-16-4-6-18(7-5-16)27-14-19(24)22-10-8-21(9-11-22)13-15-2-1-3-17(12-15)23(25)26/h1-7,12H,8-11,13-14H2. The van der Waals surface area contributed by atoms with E-state index >= 15 is 0 Å². The summed E-state index contributed by atoms with van der Waals surface area (Å²) in [5.74, 6) is 0.628. The van der Waals surface area contributed by atoms with Gasteiger partial charge in [-0.05, 0) is 29.8 Å². The van der Waals surface area contributed by atoms with E-state index in [0.29, 0.717) is 25.4 Å². The first-order valence-corrected chi connectivity index (χ1v) is 9.42. The summed E-state index contributed by atoms with van der Waals surface area (Å²) in [5.41, 5.74) is 1.01. The second kappa shape index (κ2) is 8.96. The van der Waals surface area contributed by atoms with Gasteiger partial charge in [0.05, 0.1) is 4.92 Å². The van der Waals surface area contributed by atoms with Gasteiger partial charge in [-0.15, -0.1) is 0 Å². The van der Waals surface area contributed by atoms with Gasteiger partial charge in [-0.1, -0.05) is 28.1 Å². The number of carbonyl (C=O) groups is 1. The first-order chi connectivity index (χ1) is 13.0. The molecule has 1 amide bonds. The number of halogens is 1. The largest absolute Gasteiger partial charge is 0.484 e. The maximum absolute atomic E-state index is 12.3. The maximum Gasteiger partial charge on any atom is 0.269 e. The van der Waals surface area contributed by atoms with E-state index in [0.717, 1.165) is 23.1 Å². The van der Waals surface area contributed by atoms with Crippen LogP contribution in [-0.2, 0) is 11.3 Å². The molecule has 0 aromatic heterocycles. The average molecular weight is 434 g/mol. The number of benzene rings is 2. The third-order valence-corrected chi connectivity index (χ3v) is 4.96. The molecule has 1 aliphatic rings. The van der Waals surface area contributed by atoms with Gasteiger partial charge < -0.3 is 9.64 Å². The Balaban J connectivity index is 1.45. The van der Waals surface area contributed by atoms with Crippen molar-refractivity contribution in [1.82, 2.24) is 9.80 Å². The summed E-state index contributed by atoms with van der Waals surface area (Å²) in [6.07, 6.45) is 0. The van der Waals surface area contributed by atoms with E-state index in [1.54, 1.807) is 17.0 Å². The molecule has 0 atom stereocenters. The zero-order valence-corrected chi connectivity index (χ0v) is 16.3. The molecule has 2 aromatic rings. The van der Waals surface area contributed by atoms with Crippen LogP contribution in [0.5, 0.6) is 5.75 Å². The Kier molecular flexibility index (Phi) is 6.41. The SMILES string of the molecule is O=C(COc1ccc(Br)cc1)N1CCN(Cc2cccc([N+](=O)[O-])c2)CC1. The van der Waals surface area contributed by atoms with Crippen LogP contribution >= 0.6 is 15.9 Å². The lowest BCUT2D eigenvalue weighted by atomic mass is 10.1. The molecule has 2 aromatic carbocycles. The Morgan fingerprint density at radius 3 is 2.48 bits per heavy atom. The lowest BCUT2D eigenvalue weighted by Crippen LogP contribution is -2.49. The highest BCUT2D eigenvalue weighted by Gasteiger charge is 2.21. The quantitative estimate of drug-likeness (QED) is 0.516. The number of nitro groups is 1. The second-order valence-corrected chi connectivity index (χ2v) is 7.24. The number of nitro benzene ring substituents is 1. The van der Waals surface area contributed by atoms with Crippen molar-refractivity contribution in [3.05, 3.63) is 68.7 Å². The molecule has 0 bridgehead atoms. The van der Waals surface area contributed by atoms with Gasteiger partial charge in [-0.3, -0.25) is 19.8 Å². The number of rotatable bonds is 6. The van der Waals surface area contributed by atoms with E-state index in [1.807, 2.05) is 30.3 Å². The van der Waals surface area contributed by atoms with Crippen molar-refractivity contribution < 1.29 is 14.5 Å².